The highest BCUT2D eigenvalue weighted by atomic mass is 16.3. The molecule has 0 atom stereocenters. The number of hydrogen-bond donors (Lipinski definition) is 4. The molecular weight excluding hydrogens is 328 g/mol. The van der Waals surface area contributed by atoms with Crippen molar-refractivity contribution in [2.45, 2.75) is 12.8 Å². The van der Waals surface area contributed by atoms with Gasteiger partial charge in [0.1, 0.15) is 5.75 Å². The van der Waals surface area contributed by atoms with Gasteiger partial charge in [0.2, 0.25) is 0 Å². The lowest BCUT2D eigenvalue weighted by molar-refractivity contribution is 0.102. The Bertz CT molecular complexity index is 935. The van der Waals surface area contributed by atoms with E-state index in [2.05, 4.69) is 26.9 Å². The number of H-pyrrole nitrogens is 1. The summed E-state index contributed by atoms with van der Waals surface area (Å²) in [4.78, 5) is 12.6. The number of nitrogens with zero attached hydrogens (tertiary/aromatic N) is 1. The van der Waals surface area contributed by atoms with E-state index in [1.165, 1.54) is 11.1 Å². The molecule has 6 heteroatoms. The summed E-state index contributed by atoms with van der Waals surface area (Å²) in [5, 5.41) is 23.2. The number of aromatic hydroxyl groups is 1. The monoisotopic (exact) mass is 348 g/mol. The van der Waals surface area contributed by atoms with Crippen molar-refractivity contribution in [1.29, 1.82) is 0 Å². The van der Waals surface area contributed by atoms with E-state index in [1.54, 1.807) is 30.6 Å². The van der Waals surface area contributed by atoms with Crippen LogP contribution in [0.4, 0.5) is 5.69 Å². The fraction of sp³-hybridized carbons (Fsp3) is 0.200. The Kier molecular flexibility index (Phi) is 4.41. The standard InChI is InChI=1S/C20H20N4O2/c25-19-10-14(16-11-22-23-12-16)2-4-18(19)20(26)24-17-3-1-13-5-7-21-8-6-15(13)9-17/h1-4,9-12,21,25H,5-8H2,(H,22,23)(H,24,26). The van der Waals surface area contributed by atoms with Crippen molar-refractivity contribution in [3.05, 3.63) is 65.5 Å². The Hall–Kier alpha value is -3.12. The molecule has 0 radical (unpaired) electrons. The number of amides is 1. The van der Waals surface area contributed by atoms with E-state index >= 15 is 0 Å². The number of aromatic nitrogens is 2. The highest BCUT2D eigenvalue weighted by molar-refractivity contribution is 6.06. The first-order chi connectivity index (χ1) is 12.7. The van der Waals surface area contributed by atoms with Gasteiger partial charge in [0.05, 0.1) is 11.8 Å². The maximum Gasteiger partial charge on any atom is 0.259 e. The number of carbonyl (C=O) groups excluding carboxylic acids is 1. The quantitative estimate of drug-likeness (QED) is 0.586. The number of nitrogens with one attached hydrogen (secondary N) is 3. The number of phenolic OH excluding ortho intramolecular Hbond substituents is 1. The number of phenols is 1. The largest absolute Gasteiger partial charge is 0.507 e. The molecule has 1 amide bonds. The van der Waals surface area contributed by atoms with Gasteiger partial charge >= 0.3 is 0 Å². The van der Waals surface area contributed by atoms with Gasteiger partial charge in [-0.2, -0.15) is 5.10 Å². The second kappa shape index (κ2) is 7.01. The minimum atomic E-state index is -0.326. The van der Waals surface area contributed by atoms with Crippen LogP contribution in [0.25, 0.3) is 11.1 Å². The topological polar surface area (TPSA) is 90.0 Å². The Morgan fingerprint density at radius 1 is 1.04 bits per heavy atom. The Morgan fingerprint density at radius 2 is 1.88 bits per heavy atom. The van der Waals surface area contributed by atoms with Crippen LogP contribution < -0.4 is 10.6 Å². The van der Waals surface area contributed by atoms with Crippen molar-refractivity contribution in [3.8, 4) is 16.9 Å². The summed E-state index contributed by atoms with van der Waals surface area (Å²) in [7, 11) is 0. The molecule has 26 heavy (non-hydrogen) atoms. The average molecular weight is 348 g/mol. The first-order valence-electron chi connectivity index (χ1n) is 8.67. The number of hydrogen-bond acceptors (Lipinski definition) is 4. The zero-order valence-electron chi connectivity index (χ0n) is 14.2. The second-order valence-electron chi connectivity index (χ2n) is 6.41. The summed E-state index contributed by atoms with van der Waals surface area (Å²) in [6.07, 6.45) is 5.35. The molecule has 2 heterocycles. The SMILES string of the molecule is O=C(Nc1ccc2c(c1)CCNCC2)c1ccc(-c2cn[nH]c2)cc1O. The van der Waals surface area contributed by atoms with E-state index in [-0.39, 0.29) is 17.2 Å². The van der Waals surface area contributed by atoms with Gasteiger partial charge in [0.15, 0.2) is 0 Å². The highest BCUT2D eigenvalue weighted by Gasteiger charge is 2.14. The number of anilines is 1. The molecule has 6 nitrogen and oxygen atoms in total. The molecule has 132 valence electrons. The van der Waals surface area contributed by atoms with Crippen LogP contribution in [0.15, 0.2) is 48.8 Å². The molecular formula is C20H20N4O2. The maximum atomic E-state index is 12.6. The number of fused-ring (bicyclic) bond motifs is 1. The lowest BCUT2D eigenvalue weighted by atomic mass is 10.0. The summed E-state index contributed by atoms with van der Waals surface area (Å²) < 4.78 is 0. The van der Waals surface area contributed by atoms with Crippen LogP contribution in [-0.4, -0.2) is 34.3 Å². The molecule has 0 spiro atoms. The number of rotatable bonds is 3. The van der Waals surface area contributed by atoms with Crippen molar-refractivity contribution in [3.63, 3.8) is 0 Å². The third-order valence-electron chi connectivity index (χ3n) is 4.68. The first-order valence-corrected chi connectivity index (χ1v) is 8.67. The predicted octanol–water partition coefficient (Wildman–Crippen LogP) is 2.72. The molecule has 1 aromatic heterocycles. The normalized spacial score (nSPS) is 13.7. The lowest BCUT2D eigenvalue weighted by Crippen LogP contribution is -2.16. The van der Waals surface area contributed by atoms with Gasteiger partial charge in [0, 0.05) is 17.4 Å². The number of aromatic amines is 1. The Balaban J connectivity index is 1.54. The third-order valence-corrected chi connectivity index (χ3v) is 4.68. The van der Waals surface area contributed by atoms with E-state index in [0.29, 0.717) is 0 Å². The molecule has 0 fully saturated rings. The number of benzene rings is 2. The molecule has 2 aromatic carbocycles. The van der Waals surface area contributed by atoms with Crippen LogP contribution >= 0.6 is 0 Å². The van der Waals surface area contributed by atoms with E-state index in [9.17, 15) is 9.90 Å². The van der Waals surface area contributed by atoms with Gasteiger partial charge in [-0.3, -0.25) is 9.89 Å². The van der Waals surface area contributed by atoms with Crippen LogP contribution in [0.2, 0.25) is 0 Å². The molecule has 1 aliphatic rings. The summed E-state index contributed by atoms with van der Waals surface area (Å²) in [6.45, 7) is 1.93. The van der Waals surface area contributed by atoms with Crippen LogP contribution in [0.3, 0.4) is 0 Å². The van der Waals surface area contributed by atoms with Crippen LogP contribution in [0.1, 0.15) is 21.5 Å². The molecule has 4 N–H and O–H groups in total. The summed E-state index contributed by atoms with van der Waals surface area (Å²) in [5.74, 6) is -0.381. The van der Waals surface area contributed by atoms with Crippen molar-refractivity contribution >= 4 is 11.6 Å². The fourth-order valence-electron chi connectivity index (χ4n) is 3.26. The van der Waals surface area contributed by atoms with Crippen LogP contribution in [0, 0.1) is 0 Å². The summed E-state index contributed by atoms with van der Waals surface area (Å²) in [5.41, 5.74) is 5.22. The summed E-state index contributed by atoms with van der Waals surface area (Å²) >= 11 is 0. The van der Waals surface area contributed by atoms with Crippen molar-refractivity contribution < 1.29 is 9.90 Å². The van der Waals surface area contributed by atoms with Crippen molar-refractivity contribution in [2.75, 3.05) is 18.4 Å². The van der Waals surface area contributed by atoms with Gasteiger partial charge in [-0.15, -0.1) is 0 Å². The maximum absolute atomic E-state index is 12.6. The highest BCUT2D eigenvalue weighted by Crippen LogP contribution is 2.27. The summed E-state index contributed by atoms with van der Waals surface area (Å²) in [6, 6.07) is 11.0. The van der Waals surface area contributed by atoms with E-state index < -0.39 is 0 Å². The number of carbonyl (C=O) groups is 1. The molecule has 3 aromatic rings. The Morgan fingerprint density at radius 3 is 2.65 bits per heavy atom. The molecule has 4 rings (SSSR count). The predicted molar refractivity (Wildman–Crippen MR) is 100 cm³/mol. The fourth-order valence-corrected chi connectivity index (χ4v) is 3.26. The zero-order chi connectivity index (χ0) is 17.9. The molecule has 0 saturated heterocycles. The molecule has 0 saturated carbocycles. The molecule has 0 unspecified atom stereocenters. The smallest absolute Gasteiger partial charge is 0.259 e. The van der Waals surface area contributed by atoms with E-state index in [4.69, 9.17) is 0 Å². The van der Waals surface area contributed by atoms with Crippen molar-refractivity contribution in [2.24, 2.45) is 0 Å². The molecule has 1 aliphatic heterocycles. The van der Waals surface area contributed by atoms with Crippen LogP contribution in [-0.2, 0) is 12.8 Å². The second-order valence-corrected chi connectivity index (χ2v) is 6.41. The molecule has 0 bridgehead atoms. The van der Waals surface area contributed by atoms with Gasteiger partial charge < -0.3 is 15.7 Å². The minimum absolute atomic E-state index is 0.0554. The average Bonchev–Trinajstić information content (AvgIpc) is 3.07. The van der Waals surface area contributed by atoms with Gasteiger partial charge in [-0.1, -0.05) is 12.1 Å². The van der Waals surface area contributed by atoms with E-state index in [1.807, 2.05) is 12.1 Å². The van der Waals surface area contributed by atoms with Gasteiger partial charge in [-0.25, -0.2) is 0 Å². The van der Waals surface area contributed by atoms with E-state index in [0.717, 1.165) is 42.7 Å². The lowest BCUT2D eigenvalue weighted by Gasteiger charge is -2.11. The minimum Gasteiger partial charge on any atom is -0.507 e. The van der Waals surface area contributed by atoms with Crippen molar-refractivity contribution in [1.82, 2.24) is 15.5 Å². The van der Waals surface area contributed by atoms with Gasteiger partial charge in [0.25, 0.3) is 5.91 Å². The van der Waals surface area contributed by atoms with Crippen LogP contribution in [0.5, 0.6) is 5.75 Å². The molecule has 0 aliphatic carbocycles. The third kappa shape index (κ3) is 3.32. The zero-order valence-corrected chi connectivity index (χ0v) is 14.2. The van der Waals surface area contributed by atoms with Gasteiger partial charge in [-0.05, 0) is 66.9 Å². The first kappa shape index (κ1) is 16.4. The Labute approximate surface area is 151 Å².